The Balaban J connectivity index is 1.88. The summed E-state index contributed by atoms with van der Waals surface area (Å²) in [5, 5.41) is 9.20. The number of hydrogen-bond acceptors (Lipinski definition) is 4. The number of carbonyl (C=O) groups is 1. The number of hydrogen-bond donors (Lipinski definition) is 1. The molecule has 4 nitrogen and oxygen atoms in total. The quantitative estimate of drug-likeness (QED) is 0.799. The van der Waals surface area contributed by atoms with Crippen LogP contribution in [0.1, 0.15) is 18.1 Å². The summed E-state index contributed by atoms with van der Waals surface area (Å²) < 4.78 is 10.7. The predicted octanol–water partition coefficient (Wildman–Crippen LogP) is 2.73. The Hall–Kier alpha value is -2.33. The van der Waals surface area contributed by atoms with Crippen LogP contribution in [0, 0.1) is 0 Å². The highest BCUT2D eigenvalue weighted by Crippen LogP contribution is 2.16. The van der Waals surface area contributed by atoms with Gasteiger partial charge in [-0.25, -0.2) is 0 Å². The summed E-state index contributed by atoms with van der Waals surface area (Å²) in [6.45, 7) is 1.67. The van der Waals surface area contributed by atoms with Gasteiger partial charge in [-0.1, -0.05) is 42.5 Å². The summed E-state index contributed by atoms with van der Waals surface area (Å²) in [4.78, 5) is 10.9. The number of ether oxygens (including phenoxy) is 2. The standard InChI is InChI=1S/C18H20O4/c1-14(20)22-18(12-19)11-15-7-9-17(10-8-15)21-13-16-5-3-2-4-6-16/h2-10,18-19H,11-13H2,1H3. The van der Waals surface area contributed by atoms with Gasteiger partial charge in [0.15, 0.2) is 0 Å². The van der Waals surface area contributed by atoms with Gasteiger partial charge in [0, 0.05) is 13.3 Å². The molecule has 0 fully saturated rings. The lowest BCUT2D eigenvalue weighted by molar-refractivity contribution is -0.148. The maximum absolute atomic E-state index is 10.9. The number of aliphatic hydroxyl groups is 1. The molecule has 0 amide bonds. The topological polar surface area (TPSA) is 55.8 Å². The van der Waals surface area contributed by atoms with E-state index < -0.39 is 6.10 Å². The molecule has 2 rings (SSSR count). The van der Waals surface area contributed by atoms with E-state index >= 15 is 0 Å². The summed E-state index contributed by atoms with van der Waals surface area (Å²) in [6.07, 6.45) is -0.0247. The highest BCUT2D eigenvalue weighted by molar-refractivity contribution is 5.66. The Morgan fingerprint density at radius 1 is 1.05 bits per heavy atom. The molecule has 0 heterocycles. The van der Waals surface area contributed by atoms with Crippen molar-refractivity contribution in [3.8, 4) is 5.75 Å². The van der Waals surface area contributed by atoms with Crippen molar-refractivity contribution in [2.45, 2.75) is 26.1 Å². The van der Waals surface area contributed by atoms with Gasteiger partial charge < -0.3 is 14.6 Å². The van der Waals surface area contributed by atoms with Crippen LogP contribution in [0.15, 0.2) is 54.6 Å². The predicted molar refractivity (Wildman–Crippen MR) is 83.6 cm³/mol. The molecule has 2 aromatic rings. The van der Waals surface area contributed by atoms with Gasteiger partial charge in [-0.3, -0.25) is 4.79 Å². The zero-order valence-electron chi connectivity index (χ0n) is 12.6. The monoisotopic (exact) mass is 300 g/mol. The Bertz CT molecular complexity index is 578. The van der Waals surface area contributed by atoms with Gasteiger partial charge in [-0.2, -0.15) is 0 Å². The minimum atomic E-state index is -0.506. The molecule has 4 heteroatoms. The first kappa shape index (κ1) is 16.0. The van der Waals surface area contributed by atoms with Crippen LogP contribution in [-0.2, 0) is 22.6 Å². The fourth-order valence-electron chi connectivity index (χ4n) is 2.10. The highest BCUT2D eigenvalue weighted by atomic mass is 16.5. The van der Waals surface area contributed by atoms with Crippen LogP contribution in [-0.4, -0.2) is 23.8 Å². The number of rotatable bonds is 7. The molecule has 1 atom stereocenters. The van der Waals surface area contributed by atoms with E-state index in [-0.39, 0.29) is 12.6 Å². The van der Waals surface area contributed by atoms with E-state index in [1.165, 1.54) is 6.92 Å². The van der Waals surface area contributed by atoms with E-state index in [1.807, 2.05) is 54.6 Å². The van der Waals surface area contributed by atoms with Crippen molar-refractivity contribution in [3.05, 3.63) is 65.7 Å². The molecule has 22 heavy (non-hydrogen) atoms. The minimum absolute atomic E-state index is 0.189. The molecule has 0 saturated heterocycles. The van der Waals surface area contributed by atoms with Crippen molar-refractivity contribution in [3.63, 3.8) is 0 Å². The third kappa shape index (κ3) is 5.22. The fraction of sp³-hybridized carbons (Fsp3) is 0.278. The molecule has 0 aromatic heterocycles. The van der Waals surface area contributed by atoms with Crippen molar-refractivity contribution < 1.29 is 19.4 Å². The first-order chi connectivity index (χ1) is 10.7. The Labute approximate surface area is 130 Å². The Morgan fingerprint density at radius 3 is 2.32 bits per heavy atom. The van der Waals surface area contributed by atoms with Gasteiger partial charge in [0.05, 0.1) is 6.61 Å². The van der Waals surface area contributed by atoms with Gasteiger partial charge >= 0.3 is 5.97 Å². The van der Waals surface area contributed by atoms with E-state index in [9.17, 15) is 9.90 Å². The Kier molecular flexibility index (Phi) is 5.98. The molecule has 0 spiro atoms. The van der Waals surface area contributed by atoms with Gasteiger partial charge in [0.2, 0.25) is 0 Å². The van der Waals surface area contributed by atoms with Gasteiger partial charge in [0.1, 0.15) is 18.5 Å². The molecular weight excluding hydrogens is 280 g/mol. The second-order valence-corrected chi connectivity index (χ2v) is 5.04. The van der Waals surface area contributed by atoms with E-state index in [0.29, 0.717) is 13.0 Å². The number of esters is 1. The third-order valence-corrected chi connectivity index (χ3v) is 3.17. The van der Waals surface area contributed by atoms with Gasteiger partial charge in [0.25, 0.3) is 0 Å². The maximum Gasteiger partial charge on any atom is 0.302 e. The van der Waals surface area contributed by atoms with Crippen LogP contribution in [0.5, 0.6) is 5.75 Å². The average molecular weight is 300 g/mol. The van der Waals surface area contributed by atoms with Crippen LogP contribution in [0.25, 0.3) is 0 Å². The molecule has 116 valence electrons. The first-order valence-corrected chi connectivity index (χ1v) is 7.21. The van der Waals surface area contributed by atoms with Gasteiger partial charge in [-0.15, -0.1) is 0 Å². The van der Waals surface area contributed by atoms with E-state index in [4.69, 9.17) is 9.47 Å². The molecule has 0 aliphatic carbocycles. The number of benzene rings is 2. The molecule has 2 aromatic carbocycles. The smallest absolute Gasteiger partial charge is 0.302 e. The van der Waals surface area contributed by atoms with Crippen molar-refractivity contribution >= 4 is 5.97 Å². The zero-order valence-corrected chi connectivity index (χ0v) is 12.6. The number of carbonyl (C=O) groups excluding carboxylic acids is 1. The van der Waals surface area contributed by atoms with Crippen LogP contribution < -0.4 is 4.74 Å². The Morgan fingerprint density at radius 2 is 1.73 bits per heavy atom. The lowest BCUT2D eigenvalue weighted by Gasteiger charge is -2.14. The highest BCUT2D eigenvalue weighted by Gasteiger charge is 2.11. The lowest BCUT2D eigenvalue weighted by atomic mass is 10.1. The second-order valence-electron chi connectivity index (χ2n) is 5.04. The van der Waals surface area contributed by atoms with Crippen molar-refractivity contribution in [1.82, 2.24) is 0 Å². The SMILES string of the molecule is CC(=O)OC(CO)Cc1ccc(OCc2ccccc2)cc1. The summed E-state index contributed by atoms with van der Waals surface area (Å²) in [5.41, 5.74) is 2.09. The van der Waals surface area contributed by atoms with E-state index in [2.05, 4.69) is 0 Å². The lowest BCUT2D eigenvalue weighted by Crippen LogP contribution is -2.22. The molecule has 0 radical (unpaired) electrons. The van der Waals surface area contributed by atoms with Crippen molar-refractivity contribution in [2.75, 3.05) is 6.61 Å². The molecule has 0 aliphatic rings. The van der Waals surface area contributed by atoms with E-state index in [0.717, 1.165) is 16.9 Å². The molecule has 1 N–H and O–H groups in total. The molecule has 0 saturated carbocycles. The van der Waals surface area contributed by atoms with Crippen LogP contribution in [0.2, 0.25) is 0 Å². The van der Waals surface area contributed by atoms with Crippen LogP contribution in [0.3, 0.4) is 0 Å². The second kappa shape index (κ2) is 8.20. The minimum Gasteiger partial charge on any atom is -0.489 e. The largest absolute Gasteiger partial charge is 0.489 e. The summed E-state index contributed by atoms with van der Waals surface area (Å²) in [5.74, 6) is 0.391. The first-order valence-electron chi connectivity index (χ1n) is 7.21. The van der Waals surface area contributed by atoms with Crippen molar-refractivity contribution in [1.29, 1.82) is 0 Å². The molecular formula is C18H20O4. The van der Waals surface area contributed by atoms with Crippen LogP contribution >= 0.6 is 0 Å². The van der Waals surface area contributed by atoms with Crippen LogP contribution in [0.4, 0.5) is 0 Å². The molecule has 0 aliphatic heterocycles. The van der Waals surface area contributed by atoms with Gasteiger partial charge in [-0.05, 0) is 23.3 Å². The molecule has 1 unspecified atom stereocenters. The normalized spacial score (nSPS) is 11.7. The summed E-state index contributed by atoms with van der Waals surface area (Å²) in [7, 11) is 0. The maximum atomic E-state index is 10.9. The average Bonchev–Trinajstić information content (AvgIpc) is 2.54. The number of aliphatic hydroxyl groups excluding tert-OH is 1. The molecule has 0 bridgehead atoms. The van der Waals surface area contributed by atoms with Crippen molar-refractivity contribution in [2.24, 2.45) is 0 Å². The van der Waals surface area contributed by atoms with E-state index in [1.54, 1.807) is 0 Å². The fourth-order valence-corrected chi connectivity index (χ4v) is 2.10. The third-order valence-electron chi connectivity index (χ3n) is 3.17. The summed E-state index contributed by atoms with van der Waals surface area (Å²) >= 11 is 0. The summed E-state index contributed by atoms with van der Waals surface area (Å²) in [6, 6.07) is 17.5. The zero-order chi connectivity index (χ0) is 15.8.